The minimum absolute atomic E-state index is 0.00310. The van der Waals surface area contributed by atoms with Gasteiger partial charge in [0.25, 0.3) is 5.91 Å². The number of fused-ring (bicyclic) bond motifs is 1. The van der Waals surface area contributed by atoms with E-state index in [2.05, 4.69) is 14.6 Å². The normalized spacial score (nSPS) is 14.7. The number of carbonyl (C=O) groups excluding carboxylic acids is 3. The van der Waals surface area contributed by atoms with Gasteiger partial charge >= 0.3 is 12.0 Å². The first kappa shape index (κ1) is 22.5. The smallest absolute Gasteiger partial charge is 0.373 e. The number of ether oxygens (including phenoxy) is 1. The third-order valence-corrected chi connectivity index (χ3v) is 6.11. The van der Waals surface area contributed by atoms with E-state index in [4.69, 9.17) is 16.0 Å². The molecule has 3 amide bonds. The maximum atomic E-state index is 13.0. The third kappa shape index (κ3) is 4.31. The Morgan fingerprint density at radius 3 is 2.63 bits per heavy atom. The highest BCUT2D eigenvalue weighted by Gasteiger charge is 2.34. The molecule has 2 aromatic carbocycles. The van der Waals surface area contributed by atoms with Crippen molar-refractivity contribution in [3.8, 4) is 0 Å². The SMILES string of the molecule is COC(=O)c1ccc(CN2C(=O)NC(=Cc3cn(Cc4ccccc4Cl)c4ccccc34)C2=O)o1. The van der Waals surface area contributed by atoms with Gasteiger partial charge in [-0.25, -0.2) is 9.59 Å². The van der Waals surface area contributed by atoms with Gasteiger partial charge in [-0.05, 0) is 35.9 Å². The molecule has 0 aliphatic carbocycles. The van der Waals surface area contributed by atoms with Crippen molar-refractivity contribution in [1.82, 2.24) is 14.8 Å². The third-order valence-electron chi connectivity index (χ3n) is 5.74. The fourth-order valence-electron chi connectivity index (χ4n) is 4.03. The summed E-state index contributed by atoms with van der Waals surface area (Å²) in [6.45, 7) is 0.435. The first-order chi connectivity index (χ1) is 16.9. The number of amides is 3. The molecule has 35 heavy (non-hydrogen) atoms. The second kappa shape index (κ2) is 9.15. The van der Waals surface area contributed by atoms with Gasteiger partial charge in [-0.15, -0.1) is 0 Å². The molecule has 3 heterocycles. The largest absolute Gasteiger partial charge is 0.463 e. The molecular formula is C26H20ClN3O5. The van der Waals surface area contributed by atoms with Crippen molar-refractivity contribution in [2.45, 2.75) is 13.1 Å². The van der Waals surface area contributed by atoms with Crippen LogP contribution in [0, 0.1) is 0 Å². The number of hydrogen-bond donors (Lipinski definition) is 1. The van der Waals surface area contributed by atoms with E-state index in [0.29, 0.717) is 11.6 Å². The van der Waals surface area contributed by atoms with Gasteiger partial charge < -0.3 is 19.0 Å². The minimum atomic E-state index is -0.637. The number of nitrogens with zero attached hydrogens (tertiary/aromatic N) is 2. The van der Waals surface area contributed by atoms with Crippen molar-refractivity contribution in [3.63, 3.8) is 0 Å². The van der Waals surface area contributed by atoms with E-state index in [0.717, 1.165) is 26.9 Å². The van der Waals surface area contributed by atoms with Crippen molar-refractivity contribution >= 4 is 46.5 Å². The Morgan fingerprint density at radius 2 is 1.83 bits per heavy atom. The zero-order chi connectivity index (χ0) is 24.5. The molecule has 1 aliphatic heterocycles. The average Bonchev–Trinajstić information content (AvgIpc) is 3.54. The summed E-state index contributed by atoms with van der Waals surface area (Å²) >= 11 is 6.36. The lowest BCUT2D eigenvalue weighted by Crippen LogP contribution is -2.30. The molecule has 8 nitrogen and oxygen atoms in total. The zero-order valence-electron chi connectivity index (χ0n) is 18.7. The number of carbonyl (C=O) groups is 3. The highest BCUT2D eigenvalue weighted by atomic mass is 35.5. The number of halogens is 1. The van der Waals surface area contributed by atoms with Crippen molar-refractivity contribution in [2.75, 3.05) is 7.11 Å². The van der Waals surface area contributed by atoms with Gasteiger partial charge in [-0.1, -0.05) is 48.0 Å². The second-order valence-corrected chi connectivity index (χ2v) is 8.37. The molecule has 9 heteroatoms. The average molecular weight is 490 g/mol. The number of rotatable bonds is 6. The highest BCUT2D eigenvalue weighted by Crippen LogP contribution is 2.27. The summed E-state index contributed by atoms with van der Waals surface area (Å²) in [6, 6.07) is 17.8. The Balaban J connectivity index is 1.43. The van der Waals surface area contributed by atoms with Crippen LogP contribution in [0.3, 0.4) is 0 Å². The molecule has 0 atom stereocenters. The van der Waals surface area contributed by atoms with Crippen LogP contribution in [0.5, 0.6) is 0 Å². The summed E-state index contributed by atoms with van der Waals surface area (Å²) in [6.07, 6.45) is 3.59. The molecule has 1 N–H and O–H groups in total. The number of hydrogen-bond acceptors (Lipinski definition) is 5. The molecule has 1 aliphatic rings. The Bertz CT molecular complexity index is 1500. The summed E-state index contributed by atoms with van der Waals surface area (Å²) in [5.74, 6) is -0.848. The highest BCUT2D eigenvalue weighted by molar-refractivity contribution is 6.31. The predicted molar refractivity (Wildman–Crippen MR) is 130 cm³/mol. The molecule has 1 saturated heterocycles. The van der Waals surface area contributed by atoms with Gasteiger partial charge in [-0.3, -0.25) is 9.69 Å². The van der Waals surface area contributed by atoms with Crippen molar-refractivity contribution in [1.29, 1.82) is 0 Å². The van der Waals surface area contributed by atoms with Crippen LogP contribution in [0.25, 0.3) is 17.0 Å². The number of benzene rings is 2. The summed E-state index contributed by atoms with van der Waals surface area (Å²) < 4.78 is 12.1. The van der Waals surface area contributed by atoms with Gasteiger partial charge in [0.2, 0.25) is 5.76 Å². The molecule has 1 fully saturated rings. The van der Waals surface area contributed by atoms with E-state index in [1.54, 1.807) is 6.08 Å². The fraction of sp³-hybridized carbons (Fsp3) is 0.115. The Labute approximate surface area is 205 Å². The lowest BCUT2D eigenvalue weighted by Gasteiger charge is -2.09. The lowest BCUT2D eigenvalue weighted by atomic mass is 10.1. The zero-order valence-corrected chi connectivity index (χ0v) is 19.4. The quantitative estimate of drug-likeness (QED) is 0.238. The molecule has 2 aromatic heterocycles. The number of furan rings is 1. The van der Waals surface area contributed by atoms with E-state index < -0.39 is 17.9 Å². The van der Waals surface area contributed by atoms with Gasteiger partial charge in [0, 0.05) is 34.2 Å². The molecule has 176 valence electrons. The van der Waals surface area contributed by atoms with Crippen LogP contribution in [0.1, 0.15) is 27.4 Å². The number of methoxy groups -OCH3 is 1. The van der Waals surface area contributed by atoms with Crippen LogP contribution in [0.2, 0.25) is 5.02 Å². The second-order valence-electron chi connectivity index (χ2n) is 7.96. The molecule has 0 spiro atoms. The lowest BCUT2D eigenvalue weighted by molar-refractivity contribution is -0.123. The maximum absolute atomic E-state index is 13.0. The molecule has 0 radical (unpaired) electrons. The summed E-state index contributed by atoms with van der Waals surface area (Å²) in [7, 11) is 1.24. The van der Waals surface area contributed by atoms with E-state index >= 15 is 0 Å². The predicted octanol–water partition coefficient (Wildman–Crippen LogP) is 4.82. The number of aromatic nitrogens is 1. The molecule has 4 aromatic rings. The van der Waals surface area contributed by atoms with Crippen LogP contribution < -0.4 is 5.32 Å². The van der Waals surface area contributed by atoms with Gasteiger partial charge in [0.15, 0.2) is 0 Å². The van der Waals surface area contributed by atoms with Crippen LogP contribution in [0.4, 0.5) is 4.79 Å². The summed E-state index contributed by atoms with van der Waals surface area (Å²) in [4.78, 5) is 38.2. The van der Waals surface area contributed by atoms with Gasteiger partial charge in [0.05, 0.1) is 13.7 Å². The molecule has 0 saturated carbocycles. The van der Waals surface area contributed by atoms with E-state index in [-0.39, 0.29) is 23.8 Å². The van der Waals surface area contributed by atoms with Crippen molar-refractivity contribution in [2.24, 2.45) is 0 Å². The topological polar surface area (TPSA) is 93.8 Å². The van der Waals surface area contributed by atoms with Crippen LogP contribution in [0.15, 0.2) is 77.0 Å². The summed E-state index contributed by atoms with van der Waals surface area (Å²) in [5.41, 5.74) is 2.87. The van der Waals surface area contributed by atoms with Crippen LogP contribution >= 0.6 is 11.6 Å². The Kier molecular flexibility index (Phi) is 5.88. The molecule has 5 rings (SSSR count). The first-order valence-corrected chi connectivity index (χ1v) is 11.1. The van der Waals surface area contributed by atoms with E-state index in [1.807, 2.05) is 54.7 Å². The van der Waals surface area contributed by atoms with E-state index in [9.17, 15) is 14.4 Å². The van der Waals surface area contributed by atoms with Gasteiger partial charge in [0.1, 0.15) is 11.5 Å². The van der Waals surface area contributed by atoms with Crippen LogP contribution in [-0.4, -0.2) is 34.5 Å². The minimum Gasteiger partial charge on any atom is -0.463 e. The van der Waals surface area contributed by atoms with Gasteiger partial charge in [-0.2, -0.15) is 0 Å². The molecule has 0 bridgehead atoms. The first-order valence-electron chi connectivity index (χ1n) is 10.8. The Hall–Kier alpha value is -4.30. The molecular weight excluding hydrogens is 470 g/mol. The van der Waals surface area contributed by atoms with Crippen molar-refractivity contribution < 1.29 is 23.5 Å². The maximum Gasteiger partial charge on any atom is 0.373 e. The fourth-order valence-corrected chi connectivity index (χ4v) is 4.23. The number of urea groups is 1. The number of para-hydroxylation sites is 1. The number of esters is 1. The molecule has 0 unspecified atom stereocenters. The summed E-state index contributed by atoms with van der Waals surface area (Å²) in [5, 5.41) is 4.24. The van der Waals surface area contributed by atoms with E-state index in [1.165, 1.54) is 19.2 Å². The number of nitrogens with one attached hydrogen (secondary N) is 1. The van der Waals surface area contributed by atoms with Crippen LogP contribution in [-0.2, 0) is 22.6 Å². The van der Waals surface area contributed by atoms with Crippen molar-refractivity contribution in [3.05, 3.63) is 100 Å². The number of imide groups is 1. The Morgan fingerprint density at radius 1 is 1.06 bits per heavy atom. The monoisotopic (exact) mass is 489 g/mol. The standard InChI is InChI=1S/C26H20ClN3O5/c1-34-25(32)23-11-10-18(35-23)15-30-24(31)21(28-26(30)33)12-17-14-29(22-9-5-3-7-19(17)22)13-16-6-2-4-8-20(16)27/h2-12,14H,13,15H2,1H3,(H,28,33).